The number of imidazole rings is 1. The van der Waals surface area contributed by atoms with Gasteiger partial charge in [-0.3, -0.25) is 0 Å². The van der Waals surface area contributed by atoms with Crippen molar-refractivity contribution in [2.45, 2.75) is 24.3 Å². The van der Waals surface area contributed by atoms with E-state index in [0.29, 0.717) is 13.0 Å². The van der Waals surface area contributed by atoms with E-state index in [1.165, 1.54) is 0 Å². The Morgan fingerprint density at radius 3 is 2.52 bits per heavy atom. The van der Waals surface area contributed by atoms with Crippen LogP contribution in [0.2, 0.25) is 0 Å². The molecular weight excluding hydrogens is 288 g/mol. The fourth-order valence-corrected chi connectivity index (χ4v) is 3.00. The molecule has 1 aromatic heterocycles. The maximum atomic E-state index is 12.2. The summed E-state index contributed by atoms with van der Waals surface area (Å²) in [5.74, 6) is 0.838. The maximum absolute atomic E-state index is 12.2. The molecule has 1 atom stereocenters. The number of rotatable bonds is 6. The highest BCUT2D eigenvalue weighted by Gasteiger charge is 2.14. The molecule has 0 radical (unpaired) electrons. The van der Waals surface area contributed by atoms with Gasteiger partial charge in [-0.2, -0.15) is 0 Å². The molecule has 7 heteroatoms. The number of aromatic nitrogens is 2. The quantitative estimate of drug-likeness (QED) is 0.831. The van der Waals surface area contributed by atoms with Crippen LogP contribution in [-0.4, -0.2) is 24.5 Å². The highest BCUT2D eigenvalue weighted by Crippen LogP contribution is 2.14. The smallest absolute Gasteiger partial charge is 0.240 e. The van der Waals surface area contributed by atoms with Gasteiger partial charge in [-0.15, -0.1) is 0 Å². The Labute approximate surface area is 125 Å². The van der Waals surface area contributed by atoms with Gasteiger partial charge in [0.2, 0.25) is 10.0 Å². The summed E-state index contributed by atoms with van der Waals surface area (Å²) >= 11 is 0. The molecule has 0 amide bonds. The third kappa shape index (κ3) is 3.90. The van der Waals surface area contributed by atoms with E-state index in [-0.39, 0.29) is 10.9 Å². The van der Waals surface area contributed by atoms with Gasteiger partial charge in [0.1, 0.15) is 5.82 Å². The second-order valence-corrected chi connectivity index (χ2v) is 6.73. The van der Waals surface area contributed by atoms with Crippen molar-refractivity contribution in [3.05, 3.63) is 48.0 Å². The van der Waals surface area contributed by atoms with Gasteiger partial charge in [-0.05, 0) is 24.6 Å². The highest BCUT2D eigenvalue weighted by atomic mass is 32.2. The largest absolute Gasteiger partial charge is 0.338 e. The Balaban J connectivity index is 1.99. The molecule has 0 saturated heterocycles. The number of hydrogen-bond donors (Lipinski definition) is 2. The zero-order valence-electron chi connectivity index (χ0n) is 12.2. The molecule has 0 aliphatic rings. The molecule has 0 aliphatic heterocycles. The van der Waals surface area contributed by atoms with E-state index in [2.05, 4.69) is 9.71 Å². The molecule has 3 N–H and O–H groups in total. The Kier molecular flexibility index (Phi) is 4.76. The molecular formula is C14H20N4O2S. The van der Waals surface area contributed by atoms with Crippen LogP contribution in [0.4, 0.5) is 0 Å². The Morgan fingerprint density at radius 1 is 1.33 bits per heavy atom. The molecule has 2 aromatic rings. The average Bonchev–Trinajstić information content (AvgIpc) is 2.84. The van der Waals surface area contributed by atoms with Gasteiger partial charge in [0, 0.05) is 38.4 Å². The first-order chi connectivity index (χ1) is 9.90. The number of nitrogens with zero attached hydrogens (tertiary/aromatic N) is 2. The Bertz CT molecular complexity index is 690. The summed E-state index contributed by atoms with van der Waals surface area (Å²) in [5.41, 5.74) is 6.65. The van der Waals surface area contributed by atoms with E-state index in [1.54, 1.807) is 30.5 Å². The molecule has 0 aliphatic carbocycles. The molecule has 1 aromatic carbocycles. The van der Waals surface area contributed by atoms with Crippen LogP contribution in [0.5, 0.6) is 0 Å². The summed E-state index contributed by atoms with van der Waals surface area (Å²) in [4.78, 5) is 4.40. The van der Waals surface area contributed by atoms with E-state index in [1.807, 2.05) is 24.7 Å². The molecule has 6 nitrogen and oxygen atoms in total. The first-order valence-electron chi connectivity index (χ1n) is 6.71. The molecule has 0 fully saturated rings. The Hall–Kier alpha value is -1.70. The number of benzene rings is 1. The molecule has 114 valence electrons. The van der Waals surface area contributed by atoms with Gasteiger partial charge >= 0.3 is 0 Å². The van der Waals surface area contributed by atoms with E-state index in [4.69, 9.17) is 5.73 Å². The fraction of sp³-hybridized carbons (Fsp3) is 0.357. The monoisotopic (exact) mass is 308 g/mol. The van der Waals surface area contributed by atoms with Crippen LogP contribution in [0.3, 0.4) is 0 Å². The summed E-state index contributed by atoms with van der Waals surface area (Å²) in [7, 11) is -1.62. The lowest BCUT2D eigenvalue weighted by Gasteiger charge is -2.09. The molecule has 1 heterocycles. The second kappa shape index (κ2) is 6.38. The third-order valence-corrected chi connectivity index (χ3v) is 4.75. The average molecular weight is 308 g/mol. The van der Waals surface area contributed by atoms with Crippen molar-refractivity contribution in [2.24, 2.45) is 12.8 Å². The van der Waals surface area contributed by atoms with Gasteiger partial charge in [0.05, 0.1) is 4.90 Å². The SMILES string of the molecule is CC(N)c1ccc(S(=O)(=O)NCCc2nccn2C)cc1. The highest BCUT2D eigenvalue weighted by molar-refractivity contribution is 7.89. The zero-order chi connectivity index (χ0) is 15.5. The topological polar surface area (TPSA) is 90.0 Å². The number of sulfonamides is 1. The molecule has 2 rings (SSSR count). The van der Waals surface area contributed by atoms with E-state index in [0.717, 1.165) is 11.4 Å². The molecule has 0 saturated carbocycles. The number of nitrogens with two attached hydrogens (primary N) is 1. The van der Waals surface area contributed by atoms with Crippen molar-refractivity contribution in [1.29, 1.82) is 0 Å². The van der Waals surface area contributed by atoms with Crippen LogP contribution in [0.25, 0.3) is 0 Å². The lowest BCUT2D eigenvalue weighted by atomic mass is 10.1. The van der Waals surface area contributed by atoms with Crippen LogP contribution in [-0.2, 0) is 23.5 Å². The predicted octanol–water partition coefficient (Wildman–Crippen LogP) is 0.961. The summed E-state index contributed by atoms with van der Waals surface area (Å²) in [6, 6.07) is 6.50. The van der Waals surface area contributed by atoms with Gasteiger partial charge in [0.15, 0.2) is 0 Å². The normalized spacial score (nSPS) is 13.3. The fourth-order valence-electron chi connectivity index (χ4n) is 1.97. The second-order valence-electron chi connectivity index (χ2n) is 4.96. The summed E-state index contributed by atoms with van der Waals surface area (Å²) in [5, 5.41) is 0. The van der Waals surface area contributed by atoms with E-state index >= 15 is 0 Å². The van der Waals surface area contributed by atoms with Gasteiger partial charge in [-0.25, -0.2) is 18.1 Å². The van der Waals surface area contributed by atoms with Crippen molar-refractivity contribution < 1.29 is 8.42 Å². The summed E-state index contributed by atoms with van der Waals surface area (Å²) in [6.07, 6.45) is 4.06. The molecule has 1 unspecified atom stereocenters. The van der Waals surface area contributed by atoms with Crippen molar-refractivity contribution in [2.75, 3.05) is 6.54 Å². The van der Waals surface area contributed by atoms with Crippen molar-refractivity contribution in [3.8, 4) is 0 Å². The number of hydrogen-bond acceptors (Lipinski definition) is 4. The van der Waals surface area contributed by atoms with Crippen LogP contribution >= 0.6 is 0 Å². The maximum Gasteiger partial charge on any atom is 0.240 e. The zero-order valence-corrected chi connectivity index (χ0v) is 13.0. The summed E-state index contributed by atoms with van der Waals surface area (Å²) in [6.45, 7) is 2.16. The standard InChI is InChI=1S/C14H20N4O2S/c1-11(15)12-3-5-13(6-4-12)21(19,20)17-8-7-14-16-9-10-18(14)2/h3-6,9-11,17H,7-8,15H2,1-2H3. The molecule has 0 spiro atoms. The van der Waals surface area contributed by atoms with Crippen molar-refractivity contribution in [1.82, 2.24) is 14.3 Å². The number of aryl methyl sites for hydroxylation is 1. The lowest BCUT2D eigenvalue weighted by Crippen LogP contribution is -2.26. The van der Waals surface area contributed by atoms with Crippen molar-refractivity contribution in [3.63, 3.8) is 0 Å². The Morgan fingerprint density at radius 2 is 2.00 bits per heavy atom. The van der Waals surface area contributed by atoms with Crippen LogP contribution in [0.15, 0.2) is 41.6 Å². The first kappa shape index (κ1) is 15.7. The predicted molar refractivity (Wildman–Crippen MR) is 81.1 cm³/mol. The minimum Gasteiger partial charge on any atom is -0.338 e. The van der Waals surface area contributed by atoms with Gasteiger partial charge in [0.25, 0.3) is 0 Å². The minimum atomic E-state index is -3.50. The van der Waals surface area contributed by atoms with E-state index < -0.39 is 10.0 Å². The van der Waals surface area contributed by atoms with Gasteiger partial charge < -0.3 is 10.3 Å². The summed E-state index contributed by atoms with van der Waals surface area (Å²) < 4.78 is 28.8. The molecule has 21 heavy (non-hydrogen) atoms. The van der Waals surface area contributed by atoms with Crippen LogP contribution < -0.4 is 10.5 Å². The first-order valence-corrected chi connectivity index (χ1v) is 8.20. The van der Waals surface area contributed by atoms with Crippen LogP contribution in [0, 0.1) is 0 Å². The minimum absolute atomic E-state index is 0.113. The van der Waals surface area contributed by atoms with E-state index in [9.17, 15) is 8.42 Å². The van der Waals surface area contributed by atoms with Crippen LogP contribution in [0.1, 0.15) is 24.4 Å². The van der Waals surface area contributed by atoms with Gasteiger partial charge in [-0.1, -0.05) is 12.1 Å². The third-order valence-electron chi connectivity index (χ3n) is 3.28. The number of nitrogens with one attached hydrogen (secondary N) is 1. The lowest BCUT2D eigenvalue weighted by molar-refractivity contribution is 0.580. The van der Waals surface area contributed by atoms with Crippen molar-refractivity contribution >= 4 is 10.0 Å². The molecule has 0 bridgehead atoms.